The van der Waals surface area contributed by atoms with Crippen molar-refractivity contribution < 1.29 is 0 Å². The molecule has 1 aromatic carbocycles. The number of hydrogen-bond donors (Lipinski definition) is 1. The third-order valence-corrected chi connectivity index (χ3v) is 4.85. The summed E-state index contributed by atoms with van der Waals surface area (Å²) in [6.07, 6.45) is 5.77. The second kappa shape index (κ2) is 6.34. The van der Waals surface area contributed by atoms with Gasteiger partial charge in [0.05, 0.1) is 11.6 Å². The van der Waals surface area contributed by atoms with E-state index >= 15 is 0 Å². The Bertz CT molecular complexity index is 854. The Morgan fingerprint density at radius 1 is 1.25 bits per heavy atom. The highest BCUT2D eigenvalue weighted by Crippen LogP contribution is 2.25. The lowest BCUT2D eigenvalue weighted by molar-refractivity contribution is 0.145. The molecule has 0 spiro atoms. The van der Waals surface area contributed by atoms with Crippen molar-refractivity contribution in [3.63, 3.8) is 0 Å². The second-order valence-electron chi connectivity index (χ2n) is 6.57. The van der Waals surface area contributed by atoms with Gasteiger partial charge in [0.15, 0.2) is 0 Å². The van der Waals surface area contributed by atoms with Gasteiger partial charge in [0.2, 0.25) is 0 Å². The summed E-state index contributed by atoms with van der Waals surface area (Å²) >= 11 is 0. The molecular weight excluding hydrogens is 298 g/mol. The van der Waals surface area contributed by atoms with Crippen LogP contribution in [0.2, 0.25) is 0 Å². The van der Waals surface area contributed by atoms with E-state index in [-0.39, 0.29) is 0 Å². The van der Waals surface area contributed by atoms with Gasteiger partial charge in [-0.15, -0.1) is 0 Å². The lowest BCUT2D eigenvalue weighted by Crippen LogP contribution is -2.46. The number of nitrogens with one attached hydrogen (secondary N) is 1. The van der Waals surface area contributed by atoms with Crippen molar-refractivity contribution in [2.24, 2.45) is 7.05 Å². The Kier molecular flexibility index (Phi) is 4.04. The predicted molar refractivity (Wildman–Crippen MR) is 95.7 cm³/mol. The minimum Gasteiger partial charge on any atom is -0.337 e. The van der Waals surface area contributed by atoms with Crippen molar-refractivity contribution in [3.05, 3.63) is 59.8 Å². The number of piperazine rings is 1. The van der Waals surface area contributed by atoms with Gasteiger partial charge in [0, 0.05) is 57.2 Å². The van der Waals surface area contributed by atoms with Crippen LogP contribution in [0.3, 0.4) is 0 Å². The first-order valence-corrected chi connectivity index (χ1v) is 8.48. The predicted octanol–water partition coefficient (Wildman–Crippen LogP) is 2.42. The first-order valence-electron chi connectivity index (χ1n) is 8.48. The fourth-order valence-electron chi connectivity index (χ4n) is 3.67. The number of aryl methyl sites for hydroxylation is 2. The quantitative estimate of drug-likeness (QED) is 0.805. The average molecular weight is 321 g/mol. The fraction of sp³-hybridized carbons (Fsp3) is 0.368. The molecule has 5 nitrogen and oxygen atoms in total. The molecule has 0 aliphatic carbocycles. The highest BCUT2D eigenvalue weighted by Gasteiger charge is 2.26. The van der Waals surface area contributed by atoms with E-state index < -0.39 is 0 Å². The van der Waals surface area contributed by atoms with Crippen LogP contribution in [0.1, 0.15) is 23.0 Å². The number of pyridine rings is 1. The van der Waals surface area contributed by atoms with Crippen molar-refractivity contribution >= 4 is 10.9 Å². The second-order valence-corrected chi connectivity index (χ2v) is 6.57. The van der Waals surface area contributed by atoms with E-state index in [2.05, 4.69) is 56.9 Å². The Balaban J connectivity index is 1.64. The number of hydrogen-bond acceptors (Lipinski definition) is 4. The van der Waals surface area contributed by atoms with Gasteiger partial charge in [-0.25, -0.2) is 4.98 Å². The molecule has 3 heterocycles. The fourth-order valence-corrected chi connectivity index (χ4v) is 3.67. The van der Waals surface area contributed by atoms with Crippen LogP contribution in [-0.4, -0.2) is 39.1 Å². The third-order valence-electron chi connectivity index (χ3n) is 4.85. The van der Waals surface area contributed by atoms with Gasteiger partial charge >= 0.3 is 0 Å². The summed E-state index contributed by atoms with van der Waals surface area (Å²) in [6, 6.07) is 9.00. The van der Waals surface area contributed by atoms with Crippen LogP contribution < -0.4 is 5.32 Å². The van der Waals surface area contributed by atoms with Crippen LogP contribution in [0.25, 0.3) is 10.9 Å². The Hall–Kier alpha value is -2.24. The standard InChI is InChI=1S/C19H23N5/c1-14-10-15(11-16-4-3-5-21-18(14)16)13-24-9-6-20-12-17(24)19-22-7-8-23(19)2/h3-5,7-8,10-11,17,20H,6,9,12-13H2,1-2H3. The molecule has 1 unspecified atom stereocenters. The van der Waals surface area contributed by atoms with E-state index in [9.17, 15) is 0 Å². The minimum atomic E-state index is 0.309. The van der Waals surface area contributed by atoms with E-state index in [1.807, 2.05) is 24.7 Å². The van der Waals surface area contributed by atoms with Crippen LogP contribution >= 0.6 is 0 Å². The van der Waals surface area contributed by atoms with E-state index in [0.29, 0.717) is 6.04 Å². The number of imidazole rings is 1. The molecule has 124 valence electrons. The molecule has 0 saturated carbocycles. The van der Waals surface area contributed by atoms with E-state index in [1.165, 1.54) is 16.5 Å². The van der Waals surface area contributed by atoms with Crippen molar-refractivity contribution in [2.45, 2.75) is 19.5 Å². The Morgan fingerprint density at radius 2 is 2.17 bits per heavy atom. The van der Waals surface area contributed by atoms with Crippen molar-refractivity contribution in [2.75, 3.05) is 19.6 Å². The van der Waals surface area contributed by atoms with Crippen molar-refractivity contribution in [3.8, 4) is 0 Å². The highest BCUT2D eigenvalue weighted by molar-refractivity contribution is 5.82. The van der Waals surface area contributed by atoms with Crippen molar-refractivity contribution in [1.82, 2.24) is 24.8 Å². The summed E-state index contributed by atoms with van der Waals surface area (Å²) in [6.45, 7) is 6.08. The molecular formula is C19H23N5. The summed E-state index contributed by atoms with van der Waals surface area (Å²) in [5.41, 5.74) is 3.68. The van der Waals surface area contributed by atoms with E-state index in [0.717, 1.165) is 37.5 Å². The molecule has 1 aliphatic heterocycles. The largest absolute Gasteiger partial charge is 0.337 e. The van der Waals surface area contributed by atoms with Gasteiger partial charge in [0.1, 0.15) is 5.82 Å². The molecule has 1 atom stereocenters. The topological polar surface area (TPSA) is 46.0 Å². The molecule has 5 heteroatoms. The maximum Gasteiger partial charge on any atom is 0.127 e. The molecule has 1 saturated heterocycles. The lowest BCUT2D eigenvalue weighted by atomic mass is 10.0. The van der Waals surface area contributed by atoms with Gasteiger partial charge in [-0.2, -0.15) is 0 Å². The molecule has 1 fully saturated rings. The average Bonchev–Trinajstić information content (AvgIpc) is 3.01. The molecule has 0 bridgehead atoms. The van der Waals surface area contributed by atoms with Gasteiger partial charge in [-0.05, 0) is 30.2 Å². The maximum atomic E-state index is 4.57. The molecule has 24 heavy (non-hydrogen) atoms. The van der Waals surface area contributed by atoms with Crippen LogP contribution in [0.15, 0.2) is 42.9 Å². The molecule has 2 aromatic heterocycles. The smallest absolute Gasteiger partial charge is 0.127 e. The van der Waals surface area contributed by atoms with Gasteiger partial charge < -0.3 is 9.88 Å². The zero-order chi connectivity index (χ0) is 16.5. The van der Waals surface area contributed by atoms with E-state index in [4.69, 9.17) is 0 Å². The first-order chi connectivity index (χ1) is 11.7. The van der Waals surface area contributed by atoms with Crippen LogP contribution in [0.5, 0.6) is 0 Å². The van der Waals surface area contributed by atoms with Crippen molar-refractivity contribution in [1.29, 1.82) is 0 Å². The minimum absolute atomic E-state index is 0.309. The number of aromatic nitrogens is 3. The van der Waals surface area contributed by atoms with Crippen LogP contribution in [-0.2, 0) is 13.6 Å². The molecule has 1 N–H and O–H groups in total. The Morgan fingerprint density at radius 3 is 3.00 bits per heavy atom. The van der Waals surface area contributed by atoms with Gasteiger partial charge in [0.25, 0.3) is 0 Å². The number of nitrogens with zero attached hydrogens (tertiary/aromatic N) is 4. The van der Waals surface area contributed by atoms with Crippen LogP contribution in [0, 0.1) is 6.92 Å². The zero-order valence-corrected chi connectivity index (χ0v) is 14.2. The molecule has 0 amide bonds. The Labute approximate surface area is 142 Å². The SMILES string of the molecule is Cc1cc(CN2CCNCC2c2nccn2C)cc2cccnc12. The summed E-state index contributed by atoms with van der Waals surface area (Å²) in [4.78, 5) is 11.6. The normalized spacial score (nSPS) is 19.0. The number of fused-ring (bicyclic) bond motifs is 1. The highest BCUT2D eigenvalue weighted by atomic mass is 15.3. The van der Waals surface area contributed by atoms with Gasteiger partial charge in [-0.1, -0.05) is 12.1 Å². The molecule has 3 aromatic rings. The van der Waals surface area contributed by atoms with E-state index in [1.54, 1.807) is 0 Å². The zero-order valence-electron chi connectivity index (χ0n) is 14.2. The summed E-state index contributed by atoms with van der Waals surface area (Å²) < 4.78 is 2.13. The van der Waals surface area contributed by atoms with Crippen LogP contribution in [0.4, 0.5) is 0 Å². The summed E-state index contributed by atoms with van der Waals surface area (Å²) in [5, 5.41) is 4.72. The number of benzene rings is 1. The molecule has 0 radical (unpaired) electrons. The van der Waals surface area contributed by atoms with Gasteiger partial charge in [-0.3, -0.25) is 9.88 Å². The maximum absolute atomic E-state index is 4.57. The number of rotatable bonds is 3. The summed E-state index contributed by atoms with van der Waals surface area (Å²) in [5.74, 6) is 1.13. The third kappa shape index (κ3) is 2.81. The molecule has 4 rings (SSSR count). The summed E-state index contributed by atoms with van der Waals surface area (Å²) in [7, 11) is 2.07. The monoisotopic (exact) mass is 321 g/mol. The molecule has 1 aliphatic rings. The first kappa shape index (κ1) is 15.3. The lowest BCUT2D eigenvalue weighted by Gasteiger charge is -2.35.